The van der Waals surface area contributed by atoms with E-state index in [0.29, 0.717) is 57.2 Å². The van der Waals surface area contributed by atoms with E-state index in [0.717, 1.165) is 5.56 Å². The summed E-state index contributed by atoms with van der Waals surface area (Å²) in [7, 11) is 5.07. The maximum atomic E-state index is 15.2. The van der Waals surface area contributed by atoms with Crippen molar-refractivity contribution in [1.29, 1.82) is 0 Å². The van der Waals surface area contributed by atoms with Crippen LogP contribution in [0.4, 0.5) is 15.8 Å². The monoisotopic (exact) mass is 536 g/mol. The minimum absolute atomic E-state index is 0.109. The van der Waals surface area contributed by atoms with Crippen LogP contribution < -0.4 is 9.79 Å². The van der Waals surface area contributed by atoms with Crippen molar-refractivity contribution < 1.29 is 24.1 Å². The fourth-order valence-corrected chi connectivity index (χ4v) is 4.55. The van der Waals surface area contributed by atoms with Crippen LogP contribution in [-0.2, 0) is 16.1 Å². The van der Waals surface area contributed by atoms with Crippen molar-refractivity contribution in [3.63, 3.8) is 0 Å². The highest BCUT2D eigenvalue weighted by atomic mass is 35.5. The number of anilines is 1. The molecule has 0 fully saturated rings. The number of nitrogens with zero attached hydrogens (tertiary/aromatic N) is 3. The van der Waals surface area contributed by atoms with Gasteiger partial charge in [0.15, 0.2) is 11.6 Å². The number of aromatic hydroxyl groups is 1. The Morgan fingerprint density at radius 2 is 1.95 bits per heavy atom. The highest BCUT2D eigenvalue weighted by Crippen LogP contribution is 2.35. The van der Waals surface area contributed by atoms with Gasteiger partial charge in [0.25, 0.3) is 0 Å². The molecule has 8 nitrogen and oxygen atoms in total. The molecule has 1 aliphatic rings. The van der Waals surface area contributed by atoms with Gasteiger partial charge in [0.05, 0.1) is 41.3 Å². The van der Waals surface area contributed by atoms with Crippen molar-refractivity contribution in [3.05, 3.63) is 82.1 Å². The number of likely N-dealkylation sites (N-methyl/N-ethyl adjacent to an activating group) is 2. The van der Waals surface area contributed by atoms with Crippen molar-refractivity contribution in [1.82, 2.24) is 9.88 Å². The van der Waals surface area contributed by atoms with Gasteiger partial charge in [-0.15, -0.1) is 0 Å². The fraction of sp³-hybridized carbons (Fsp3) is 0.214. The number of aromatic nitrogens is 1. The summed E-state index contributed by atoms with van der Waals surface area (Å²) in [6, 6.07) is 15.2. The lowest BCUT2D eigenvalue weighted by molar-refractivity contribution is -0.215. The molecule has 0 unspecified atom stereocenters. The molecule has 0 saturated carbocycles. The van der Waals surface area contributed by atoms with Crippen LogP contribution in [0.3, 0.4) is 0 Å². The lowest BCUT2D eigenvalue weighted by Gasteiger charge is -2.20. The second-order valence-electron chi connectivity index (χ2n) is 9.30. The summed E-state index contributed by atoms with van der Waals surface area (Å²) in [6.07, 6.45) is 0.700. The Hall–Kier alpha value is -3.92. The Balaban J connectivity index is 1.63. The van der Waals surface area contributed by atoms with Gasteiger partial charge in [0.2, 0.25) is 5.91 Å². The third-order valence-corrected chi connectivity index (χ3v) is 6.52. The van der Waals surface area contributed by atoms with E-state index >= 15 is 4.39 Å². The van der Waals surface area contributed by atoms with E-state index in [-0.39, 0.29) is 24.0 Å². The van der Waals surface area contributed by atoms with E-state index in [9.17, 15) is 9.90 Å². The van der Waals surface area contributed by atoms with Gasteiger partial charge in [-0.3, -0.25) is 4.79 Å². The molecule has 0 radical (unpaired) electrons. The molecule has 10 heteroatoms. The number of aliphatic imine (C=N–C) groups is 1. The largest absolute Gasteiger partial charge is 0.494 e. The van der Waals surface area contributed by atoms with Crippen LogP contribution in [0.1, 0.15) is 16.7 Å². The lowest BCUT2D eigenvalue weighted by atomic mass is 9.98. The van der Waals surface area contributed by atoms with Crippen molar-refractivity contribution in [2.24, 2.45) is 4.99 Å². The summed E-state index contributed by atoms with van der Waals surface area (Å²) in [6.45, 7) is 0.600. The first-order chi connectivity index (χ1) is 18.2. The molecular weight excluding hydrogens is 511 g/mol. The molecule has 0 saturated heterocycles. The quantitative estimate of drug-likeness (QED) is 0.260. The SMILES string of the molecule is CN(C)CC(=O)N(C)c1ccc(N=C(c2ccc3c(c2)OOCC3)c2c(O)[nH]c3cc(Cl)ccc23)cc1F. The molecule has 196 valence electrons. The summed E-state index contributed by atoms with van der Waals surface area (Å²) >= 11 is 6.16. The highest BCUT2D eigenvalue weighted by molar-refractivity contribution is 6.31. The zero-order valence-electron chi connectivity index (χ0n) is 21.1. The Bertz CT molecular complexity index is 1570. The van der Waals surface area contributed by atoms with E-state index in [2.05, 4.69) is 4.98 Å². The molecule has 1 aromatic heterocycles. The predicted molar refractivity (Wildman–Crippen MR) is 145 cm³/mol. The molecule has 3 aromatic carbocycles. The van der Waals surface area contributed by atoms with Crippen LogP contribution in [0.5, 0.6) is 11.6 Å². The molecule has 2 heterocycles. The number of hydrogen-bond acceptors (Lipinski definition) is 6. The molecule has 1 aliphatic heterocycles. The second kappa shape index (κ2) is 10.4. The molecule has 0 atom stereocenters. The standard InChI is InChI=1S/C28H26ClFN4O4/c1-33(2)15-25(35)34(3)23-9-7-19(14-21(23)30)31-27(17-5-4-16-10-11-37-38-24(16)12-17)26-20-8-6-18(29)13-22(20)32-28(26)36/h4-9,12-14,32,36H,10-11,15H2,1-3H3. The number of rotatable bonds is 6. The molecule has 4 aromatic rings. The van der Waals surface area contributed by atoms with Gasteiger partial charge >= 0.3 is 0 Å². The Kier molecular flexibility index (Phi) is 7.07. The van der Waals surface area contributed by atoms with E-state index in [1.807, 2.05) is 12.1 Å². The summed E-state index contributed by atoms with van der Waals surface area (Å²) in [4.78, 5) is 33.7. The molecular formula is C28H26ClFN4O4. The maximum Gasteiger partial charge on any atom is 0.240 e. The third kappa shape index (κ3) is 5.08. The normalized spacial score (nSPS) is 13.5. The van der Waals surface area contributed by atoms with Gasteiger partial charge in [-0.1, -0.05) is 29.8 Å². The lowest BCUT2D eigenvalue weighted by Crippen LogP contribution is -2.35. The average molecular weight is 537 g/mol. The van der Waals surface area contributed by atoms with Crippen molar-refractivity contribution in [2.75, 3.05) is 39.2 Å². The molecule has 0 bridgehead atoms. The zero-order valence-corrected chi connectivity index (χ0v) is 21.8. The number of hydrogen-bond donors (Lipinski definition) is 2. The smallest absolute Gasteiger partial charge is 0.240 e. The van der Waals surface area contributed by atoms with Gasteiger partial charge in [0.1, 0.15) is 5.82 Å². The minimum atomic E-state index is -0.600. The third-order valence-electron chi connectivity index (χ3n) is 6.28. The first-order valence-electron chi connectivity index (χ1n) is 11.9. The molecule has 5 rings (SSSR count). The van der Waals surface area contributed by atoms with Crippen LogP contribution in [0.2, 0.25) is 5.02 Å². The van der Waals surface area contributed by atoms with E-state index in [1.54, 1.807) is 49.3 Å². The molecule has 0 spiro atoms. The minimum Gasteiger partial charge on any atom is -0.494 e. The number of aromatic amines is 1. The van der Waals surface area contributed by atoms with E-state index < -0.39 is 5.82 Å². The number of carbonyl (C=O) groups excluding carboxylic acids is 1. The van der Waals surface area contributed by atoms with Crippen LogP contribution in [0.15, 0.2) is 59.6 Å². The molecule has 38 heavy (non-hydrogen) atoms. The van der Waals surface area contributed by atoms with Gasteiger partial charge in [-0.25, -0.2) is 9.38 Å². The summed E-state index contributed by atoms with van der Waals surface area (Å²) in [5.41, 5.74) is 3.48. The maximum absolute atomic E-state index is 15.2. The van der Waals surface area contributed by atoms with Gasteiger partial charge in [-0.05, 0) is 44.4 Å². The Morgan fingerprint density at radius 3 is 2.71 bits per heavy atom. The van der Waals surface area contributed by atoms with Crippen LogP contribution in [0.25, 0.3) is 10.9 Å². The predicted octanol–water partition coefficient (Wildman–Crippen LogP) is 5.23. The summed E-state index contributed by atoms with van der Waals surface area (Å²) < 4.78 is 15.2. The number of H-pyrrole nitrogens is 1. The van der Waals surface area contributed by atoms with Gasteiger partial charge in [-0.2, -0.15) is 4.89 Å². The highest BCUT2D eigenvalue weighted by Gasteiger charge is 2.22. The van der Waals surface area contributed by atoms with Crippen molar-refractivity contribution in [3.8, 4) is 11.6 Å². The van der Waals surface area contributed by atoms with Gasteiger partial charge < -0.3 is 24.8 Å². The number of amides is 1. The number of nitrogens with one attached hydrogen (secondary N) is 1. The topological polar surface area (TPSA) is 90.4 Å². The molecule has 2 N–H and O–H groups in total. The van der Waals surface area contributed by atoms with Crippen molar-refractivity contribution >= 4 is 45.5 Å². The zero-order chi connectivity index (χ0) is 27.0. The summed E-state index contributed by atoms with van der Waals surface area (Å²) in [5.74, 6) is -0.407. The average Bonchev–Trinajstić information content (AvgIpc) is 3.20. The molecule has 1 amide bonds. The second-order valence-corrected chi connectivity index (χ2v) is 9.74. The van der Waals surface area contributed by atoms with Gasteiger partial charge in [0, 0.05) is 41.1 Å². The number of benzene rings is 3. The number of fused-ring (bicyclic) bond motifs is 2. The van der Waals surface area contributed by atoms with Crippen LogP contribution >= 0.6 is 11.6 Å². The van der Waals surface area contributed by atoms with E-state index in [4.69, 9.17) is 26.4 Å². The Labute approximate surface area is 223 Å². The molecule has 0 aliphatic carbocycles. The van der Waals surface area contributed by atoms with Crippen LogP contribution in [0, 0.1) is 5.82 Å². The van der Waals surface area contributed by atoms with E-state index in [1.165, 1.54) is 24.1 Å². The fourth-order valence-electron chi connectivity index (χ4n) is 4.38. The number of halogens is 2. The van der Waals surface area contributed by atoms with Crippen molar-refractivity contribution in [2.45, 2.75) is 6.42 Å². The number of carbonyl (C=O) groups is 1. The first kappa shape index (κ1) is 25.7. The van der Waals surface area contributed by atoms with Crippen LogP contribution in [-0.4, -0.2) is 60.9 Å². The first-order valence-corrected chi connectivity index (χ1v) is 12.3. The Morgan fingerprint density at radius 1 is 1.13 bits per heavy atom. The summed E-state index contributed by atoms with van der Waals surface area (Å²) in [5, 5.41) is 12.1.